The zero-order valence-electron chi connectivity index (χ0n) is 14.4. The third-order valence-corrected chi connectivity index (χ3v) is 8.30. The van der Waals surface area contributed by atoms with Crippen LogP contribution in [0.4, 0.5) is 0 Å². The Morgan fingerprint density at radius 3 is 1.36 bits per heavy atom. The molecule has 0 saturated carbocycles. The molecule has 2 nitrogen and oxygen atoms in total. The first-order chi connectivity index (χ1) is 12.3. The first-order valence-corrected chi connectivity index (χ1v) is 10.2. The predicted octanol–water partition coefficient (Wildman–Crippen LogP) is 3.84. The van der Waals surface area contributed by atoms with E-state index < -0.39 is 8.56 Å². The number of fused-ring (bicyclic) bond motifs is 2. The molecule has 25 heavy (non-hydrogen) atoms. The summed E-state index contributed by atoms with van der Waals surface area (Å²) >= 11 is 0. The summed E-state index contributed by atoms with van der Waals surface area (Å²) in [7, 11) is 0.702. The van der Waals surface area contributed by atoms with Crippen molar-refractivity contribution in [3.05, 3.63) is 84.9 Å². The summed E-state index contributed by atoms with van der Waals surface area (Å²) in [6, 6.07) is 29.5. The van der Waals surface area contributed by atoms with Gasteiger partial charge in [-0.25, -0.2) is 0 Å². The van der Waals surface area contributed by atoms with E-state index in [1.165, 1.54) is 21.5 Å². The highest BCUT2D eigenvalue weighted by Crippen LogP contribution is 2.21. The summed E-state index contributed by atoms with van der Waals surface area (Å²) in [5.41, 5.74) is 0. The third kappa shape index (κ3) is 2.48. The minimum Gasteiger partial charge on any atom is -0.391 e. The summed E-state index contributed by atoms with van der Waals surface area (Å²) in [6.07, 6.45) is 0. The van der Waals surface area contributed by atoms with Crippen molar-refractivity contribution >= 4 is 40.5 Å². The van der Waals surface area contributed by atoms with Gasteiger partial charge in [0.15, 0.2) is 0 Å². The lowest BCUT2D eigenvalue weighted by atomic mass is 10.1. The standard InChI is InChI=1S/C22H20O2Si/c1-23-25(24-2,21-15-7-11-17-9-3-5-13-19(17)21)22-16-8-12-18-10-4-6-14-20(18)22/h3-16H,1-2H3. The van der Waals surface area contributed by atoms with Crippen molar-refractivity contribution in [2.24, 2.45) is 0 Å². The van der Waals surface area contributed by atoms with Gasteiger partial charge in [0.2, 0.25) is 0 Å². The smallest absolute Gasteiger partial charge is 0.391 e. The van der Waals surface area contributed by atoms with Gasteiger partial charge in [-0.2, -0.15) is 0 Å². The molecule has 4 aromatic rings. The predicted molar refractivity (Wildman–Crippen MR) is 107 cm³/mol. The molecule has 3 heteroatoms. The molecule has 4 rings (SSSR count). The molecule has 0 aliphatic carbocycles. The van der Waals surface area contributed by atoms with Crippen LogP contribution in [0.3, 0.4) is 0 Å². The Morgan fingerprint density at radius 2 is 0.920 bits per heavy atom. The van der Waals surface area contributed by atoms with Crippen molar-refractivity contribution < 1.29 is 8.85 Å². The van der Waals surface area contributed by atoms with Crippen molar-refractivity contribution in [2.45, 2.75) is 0 Å². The summed E-state index contributed by atoms with van der Waals surface area (Å²) in [5.74, 6) is 0. The molecule has 0 aliphatic heterocycles. The zero-order chi connectivity index (χ0) is 17.3. The van der Waals surface area contributed by atoms with Crippen LogP contribution in [0.25, 0.3) is 21.5 Å². The lowest BCUT2D eigenvalue weighted by molar-refractivity contribution is 0.273. The molecule has 0 spiro atoms. The molecule has 0 saturated heterocycles. The quantitative estimate of drug-likeness (QED) is 0.524. The zero-order valence-corrected chi connectivity index (χ0v) is 15.4. The number of hydrogen-bond acceptors (Lipinski definition) is 2. The van der Waals surface area contributed by atoms with Gasteiger partial charge < -0.3 is 8.85 Å². The molecule has 0 aromatic heterocycles. The molecule has 0 heterocycles. The maximum Gasteiger partial charge on any atom is 0.407 e. The Balaban J connectivity index is 2.08. The van der Waals surface area contributed by atoms with E-state index in [-0.39, 0.29) is 0 Å². The van der Waals surface area contributed by atoms with Crippen LogP contribution in [0.2, 0.25) is 0 Å². The SMILES string of the molecule is CO[Si](OC)(c1cccc2ccccc12)c1cccc2ccccc12. The first-order valence-electron chi connectivity index (χ1n) is 8.37. The second-order valence-corrected chi connectivity index (χ2v) is 9.21. The topological polar surface area (TPSA) is 18.5 Å². The van der Waals surface area contributed by atoms with Crippen molar-refractivity contribution in [1.82, 2.24) is 0 Å². The Morgan fingerprint density at radius 1 is 0.520 bits per heavy atom. The fourth-order valence-corrected chi connectivity index (χ4v) is 6.83. The van der Waals surface area contributed by atoms with Gasteiger partial charge in [-0.15, -0.1) is 0 Å². The third-order valence-electron chi connectivity index (χ3n) is 4.86. The molecule has 0 N–H and O–H groups in total. The number of benzene rings is 4. The van der Waals surface area contributed by atoms with E-state index in [0.29, 0.717) is 0 Å². The van der Waals surface area contributed by atoms with E-state index >= 15 is 0 Å². The van der Waals surface area contributed by atoms with Crippen LogP contribution in [-0.4, -0.2) is 22.8 Å². The highest BCUT2D eigenvalue weighted by Gasteiger charge is 2.43. The van der Waals surface area contributed by atoms with E-state index in [0.717, 1.165) is 10.4 Å². The average molecular weight is 344 g/mol. The second-order valence-electron chi connectivity index (χ2n) is 6.08. The molecular formula is C22H20O2Si. The number of hydrogen-bond donors (Lipinski definition) is 0. The van der Waals surface area contributed by atoms with E-state index in [1.54, 1.807) is 14.2 Å². The molecule has 124 valence electrons. The first kappa shape index (κ1) is 16.0. The maximum atomic E-state index is 6.19. The van der Waals surface area contributed by atoms with Crippen LogP contribution in [0.1, 0.15) is 0 Å². The highest BCUT2D eigenvalue weighted by molar-refractivity contribution is 6.95. The Hall–Kier alpha value is -2.46. The molecule has 0 atom stereocenters. The van der Waals surface area contributed by atoms with Crippen molar-refractivity contribution in [3.8, 4) is 0 Å². The van der Waals surface area contributed by atoms with Crippen LogP contribution < -0.4 is 10.4 Å². The Kier molecular flexibility index (Phi) is 4.13. The fourth-order valence-electron chi connectivity index (χ4n) is 3.69. The van der Waals surface area contributed by atoms with Gasteiger partial charge in [-0.1, -0.05) is 84.9 Å². The Bertz CT molecular complexity index is 946. The van der Waals surface area contributed by atoms with Gasteiger partial charge in [0.05, 0.1) is 0 Å². The molecule has 0 unspecified atom stereocenters. The molecule has 0 radical (unpaired) electrons. The summed E-state index contributed by atoms with van der Waals surface area (Å²) in [5, 5.41) is 7.07. The van der Waals surface area contributed by atoms with Crippen molar-refractivity contribution in [1.29, 1.82) is 0 Å². The van der Waals surface area contributed by atoms with E-state index in [4.69, 9.17) is 8.85 Å². The average Bonchev–Trinajstić information content (AvgIpc) is 2.69. The van der Waals surface area contributed by atoms with E-state index in [9.17, 15) is 0 Å². The molecular weight excluding hydrogens is 324 g/mol. The van der Waals surface area contributed by atoms with Gasteiger partial charge in [-0.3, -0.25) is 0 Å². The van der Waals surface area contributed by atoms with E-state index in [1.807, 2.05) is 0 Å². The van der Waals surface area contributed by atoms with Crippen molar-refractivity contribution in [3.63, 3.8) is 0 Å². The minimum absolute atomic E-state index is 1.15. The van der Waals surface area contributed by atoms with E-state index in [2.05, 4.69) is 84.9 Å². The molecule has 0 amide bonds. The molecule has 0 bridgehead atoms. The van der Waals surface area contributed by atoms with Crippen LogP contribution in [0.5, 0.6) is 0 Å². The largest absolute Gasteiger partial charge is 0.407 e. The van der Waals surface area contributed by atoms with Crippen molar-refractivity contribution in [2.75, 3.05) is 14.2 Å². The summed E-state index contributed by atoms with van der Waals surface area (Å²) < 4.78 is 12.4. The lowest BCUT2D eigenvalue weighted by Gasteiger charge is -2.30. The molecule has 4 aromatic carbocycles. The monoisotopic (exact) mass is 344 g/mol. The Labute approximate surface area is 148 Å². The lowest BCUT2D eigenvalue weighted by Crippen LogP contribution is -2.62. The normalized spacial score (nSPS) is 11.9. The summed E-state index contributed by atoms with van der Waals surface area (Å²) in [6.45, 7) is 0. The number of rotatable bonds is 4. The van der Waals surface area contributed by atoms with Crippen LogP contribution in [-0.2, 0) is 8.85 Å². The van der Waals surface area contributed by atoms with Gasteiger partial charge in [0.25, 0.3) is 0 Å². The van der Waals surface area contributed by atoms with Gasteiger partial charge in [-0.05, 0) is 21.5 Å². The van der Waals surface area contributed by atoms with Gasteiger partial charge in [0.1, 0.15) is 0 Å². The van der Waals surface area contributed by atoms with Crippen LogP contribution >= 0.6 is 0 Å². The van der Waals surface area contributed by atoms with Crippen LogP contribution in [0.15, 0.2) is 84.9 Å². The van der Waals surface area contributed by atoms with Gasteiger partial charge in [0, 0.05) is 24.6 Å². The maximum absolute atomic E-state index is 6.19. The minimum atomic E-state index is -2.82. The summed E-state index contributed by atoms with van der Waals surface area (Å²) in [4.78, 5) is 0. The molecule has 0 fully saturated rings. The highest BCUT2D eigenvalue weighted by atomic mass is 28.4. The second kappa shape index (κ2) is 6.45. The van der Waals surface area contributed by atoms with Crippen LogP contribution in [0, 0.1) is 0 Å². The molecule has 0 aliphatic rings. The van der Waals surface area contributed by atoms with Gasteiger partial charge >= 0.3 is 8.56 Å². The fraction of sp³-hybridized carbons (Fsp3) is 0.0909.